The lowest BCUT2D eigenvalue weighted by Gasteiger charge is -2.14. The van der Waals surface area contributed by atoms with Gasteiger partial charge in [-0.15, -0.1) is 0 Å². The molecule has 0 atom stereocenters. The van der Waals surface area contributed by atoms with E-state index in [0.717, 1.165) is 16.8 Å². The van der Waals surface area contributed by atoms with Crippen LogP contribution in [0.5, 0.6) is 0 Å². The molecule has 1 aromatic heterocycles. The van der Waals surface area contributed by atoms with Gasteiger partial charge in [0.15, 0.2) is 0 Å². The van der Waals surface area contributed by atoms with Crippen LogP contribution in [0.25, 0.3) is 5.57 Å². The number of aryl methyl sites for hydroxylation is 2. The first-order chi connectivity index (χ1) is 15.3. The summed E-state index contributed by atoms with van der Waals surface area (Å²) >= 11 is 0. The number of anilines is 2. The van der Waals surface area contributed by atoms with Crippen molar-refractivity contribution in [3.8, 4) is 0 Å². The maximum atomic E-state index is 13.3. The maximum Gasteiger partial charge on any atom is 0.278 e. The number of benzene rings is 2. The van der Waals surface area contributed by atoms with Crippen LogP contribution in [0.2, 0.25) is 0 Å². The first-order valence-corrected chi connectivity index (χ1v) is 10.2. The number of furan rings is 1. The van der Waals surface area contributed by atoms with Crippen LogP contribution >= 0.6 is 0 Å². The fourth-order valence-corrected chi connectivity index (χ4v) is 3.55. The summed E-state index contributed by atoms with van der Waals surface area (Å²) in [6.45, 7) is 5.46. The van der Waals surface area contributed by atoms with Gasteiger partial charge in [0, 0.05) is 18.3 Å². The Morgan fingerprint density at radius 2 is 1.66 bits per heavy atom. The first-order valence-electron chi connectivity index (χ1n) is 10.2. The van der Waals surface area contributed by atoms with Gasteiger partial charge in [0.25, 0.3) is 11.8 Å². The Bertz CT molecular complexity index is 1220. The minimum atomic E-state index is -0.425. The molecule has 0 saturated heterocycles. The molecule has 3 amide bonds. The highest BCUT2D eigenvalue weighted by molar-refractivity contribution is 6.36. The summed E-state index contributed by atoms with van der Waals surface area (Å²) in [4.78, 5) is 39.1. The highest BCUT2D eigenvalue weighted by atomic mass is 16.3. The van der Waals surface area contributed by atoms with Gasteiger partial charge in [-0.25, -0.2) is 0 Å². The lowest BCUT2D eigenvalue weighted by atomic mass is 10.0. The van der Waals surface area contributed by atoms with Gasteiger partial charge in [-0.05, 0) is 66.9 Å². The smallest absolute Gasteiger partial charge is 0.278 e. The third-order valence-electron chi connectivity index (χ3n) is 5.33. The zero-order valence-corrected chi connectivity index (χ0v) is 18.1. The van der Waals surface area contributed by atoms with Crippen molar-refractivity contribution in [2.24, 2.45) is 0 Å². The lowest BCUT2D eigenvalue weighted by Crippen LogP contribution is -2.31. The molecule has 1 aliphatic rings. The van der Waals surface area contributed by atoms with Crippen molar-refractivity contribution in [3.63, 3.8) is 0 Å². The van der Waals surface area contributed by atoms with Crippen LogP contribution in [0.1, 0.15) is 29.4 Å². The molecule has 2 aromatic carbocycles. The molecule has 1 aliphatic heterocycles. The minimum absolute atomic E-state index is 0.0379. The van der Waals surface area contributed by atoms with Gasteiger partial charge in [0.2, 0.25) is 5.91 Å². The number of nitrogens with one attached hydrogen (secondary N) is 2. The Hall–Kier alpha value is -4.13. The summed E-state index contributed by atoms with van der Waals surface area (Å²) < 4.78 is 5.34. The monoisotopic (exact) mass is 429 g/mol. The molecule has 0 spiro atoms. The number of nitrogens with zero attached hydrogens (tertiary/aromatic N) is 1. The van der Waals surface area contributed by atoms with Crippen molar-refractivity contribution in [2.45, 2.75) is 27.3 Å². The Balaban J connectivity index is 1.73. The largest absolute Gasteiger partial charge is 0.467 e. The van der Waals surface area contributed by atoms with E-state index in [9.17, 15) is 14.4 Å². The summed E-state index contributed by atoms with van der Waals surface area (Å²) in [6, 6.07) is 16.0. The number of carbonyl (C=O) groups excluding carboxylic acids is 3. The SMILES string of the molecule is CC(=O)Nc1ccc(C2=C(Nc3ccc(C)c(C)c3)C(=O)N(Cc3ccco3)C2=O)cc1. The molecule has 2 N–H and O–H groups in total. The van der Waals surface area contributed by atoms with E-state index in [-0.39, 0.29) is 23.7 Å². The second-order valence-corrected chi connectivity index (χ2v) is 7.71. The van der Waals surface area contributed by atoms with Gasteiger partial charge in [0.1, 0.15) is 11.5 Å². The Morgan fingerprint density at radius 1 is 0.938 bits per heavy atom. The maximum absolute atomic E-state index is 13.3. The molecule has 4 rings (SSSR count). The van der Waals surface area contributed by atoms with Gasteiger partial charge >= 0.3 is 0 Å². The van der Waals surface area contributed by atoms with Crippen LogP contribution in [-0.2, 0) is 20.9 Å². The van der Waals surface area contributed by atoms with E-state index in [1.165, 1.54) is 18.1 Å². The van der Waals surface area contributed by atoms with E-state index in [2.05, 4.69) is 10.6 Å². The van der Waals surface area contributed by atoms with Crippen molar-refractivity contribution in [1.82, 2.24) is 4.90 Å². The number of hydrogen-bond acceptors (Lipinski definition) is 5. The molecular weight excluding hydrogens is 406 g/mol. The molecule has 3 aromatic rings. The van der Waals surface area contributed by atoms with Crippen LogP contribution in [-0.4, -0.2) is 22.6 Å². The van der Waals surface area contributed by atoms with Crippen molar-refractivity contribution in [3.05, 3.63) is 89.0 Å². The van der Waals surface area contributed by atoms with Crippen molar-refractivity contribution in [2.75, 3.05) is 10.6 Å². The van der Waals surface area contributed by atoms with Crippen LogP contribution in [0, 0.1) is 13.8 Å². The number of imide groups is 1. The van der Waals surface area contributed by atoms with E-state index < -0.39 is 11.8 Å². The topological polar surface area (TPSA) is 91.7 Å². The molecular formula is C25H23N3O4. The summed E-state index contributed by atoms with van der Waals surface area (Å²) in [7, 11) is 0. The molecule has 7 heteroatoms. The van der Waals surface area contributed by atoms with Crippen molar-refractivity contribution in [1.29, 1.82) is 0 Å². The zero-order chi connectivity index (χ0) is 22.8. The van der Waals surface area contributed by atoms with Crippen molar-refractivity contribution >= 4 is 34.7 Å². The molecule has 0 bridgehead atoms. The second kappa shape index (κ2) is 8.55. The fourth-order valence-electron chi connectivity index (χ4n) is 3.55. The highest BCUT2D eigenvalue weighted by Gasteiger charge is 2.39. The highest BCUT2D eigenvalue weighted by Crippen LogP contribution is 2.32. The second-order valence-electron chi connectivity index (χ2n) is 7.71. The Labute approximate surface area is 185 Å². The van der Waals surface area contributed by atoms with E-state index >= 15 is 0 Å². The fraction of sp³-hybridized carbons (Fsp3) is 0.160. The molecule has 32 heavy (non-hydrogen) atoms. The zero-order valence-electron chi connectivity index (χ0n) is 18.1. The minimum Gasteiger partial charge on any atom is -0.467 e. The van der Waals surface area contributed by atoms with E-state index in [4.69, 9.17) is 4.42 Å². The summed E-state index contributed by atoms with van der Waals surface area (Å²) in [6.07, 6.45) is 1.50. The molecule has 0 aliphatic carbocycles. The van der Waals surface area contributed by atoms with Crippen LogP contribution in [0.15, 0.2) is 71.0 Å². The lowest BCUT2D eigenvalue weighted by molar-refractivity contribution is -0.137. The molecule has 7 nitrogen and oxygen atoms in total. The molecule has 0 unspecified atom stereocenters. The van der Waals surface area contributed by atoms with Crippen molar-refractivity contribution < 1.29 is 18.8 Å². The molecule has 162 valence electrons. The van der Waals surface area contributed by atoms with E-state index in [1.54, 1.807) is 36.4 Å². The first kappa shape index (κ1) is 21.1. The molecule has 0 saturated carbocycles. The average Bonchev–Trinajstić information content (AvgIpc) is 3.34. The third-order valence-corrected chi connectivity index (χ3v) is 5.33. The predicted molar refractivity (Wildman–Crippen MR) is 121 cm³/mol. The van der Waals surface area contributed by atoms with Gasteiger partial charge in [0.05, 0.1) is 18.4 Å². The quantitative estimate of drug-likeness (QED) is 0.572. The normalized spacial score (nSPS) is 13.7. The van der Waals surface area contributed by atoms with Crippen LogP contribution in [0.4, 0.5) is 11.4 Å². The molecule has 0 radical (unpaired) electrons. The third kappa shape index (κ3) is 4.18. The van der Waals surface area contributed by atoms with E-state index in [1.807, 2.05) is 32.0 Å². The standard InChI is InChI=1S/C25H23N3O4/c1-15-6-9-20(13-16(15)2)27-23-22(18-7-10-19(11-8-18)26-17(3)29)24(30)28(25(23)31)14-21-5-4-12-32-21/h4-13,27H,14H2,1-3H3,(H,26,29). The summed E-state index contributed by atoms with van der Waals surface area (Å²) in [5.74, 6) is -0.513. The number of carbonyl (C=O) groups is 3. The van der Waals surface area contributed by atoms with Gasteiger partial charge < -0.3 is 15.1 Å². The molecule has 0 fully saturated rings. The Kier molecular flexibility index (Phi) is 5.64. The van der Waals surface area contributed by atoms with E-state index in [0.29, 0.717) is 17.0 Å². The number of rotatable bonds is 6. The average molecular weight is 429 g/mol. The summed E-state index contributed by atoms with van der Waals surface area (Å²) in [5, 5.41) is 5.86. The van der Waals surface area contributed by atoms with Gasteiger partial charge in [-0.1, -0.05) is 18.2 Å². The number of amides is 3. The summed E-state index contributed by atoms with van der Waals surface area (Å²) in [5.41, 5.74) is 4.58. The van der Waals surface area contributed by atoms with Crippen LogP contribution < -0.4 is 10.6 Å². The van der Waals surface area contributed by atoms with Gasteiger partial charge in [-0.2, -0.15) is 0 Å². The van der Waals surface area contributed by atoms with Gasteiger partial charge in [-0.3, -0.25) is 19.3 Å². The van der Waals surface area contributed by atoms with Crippen LogP contribution in [0.3, 0.4) is 0 Å². The number of hydrogen-bond donors (Lipinski definition) is 2. The molecule has 2 heterocycles. The predicted octanol–water partition coefficient (Wildman–Crippen LogP) is 4.25. The Morgan fingerprint density at radius 3 is 2.28 bits per heavy atom.